The van der Waals surface area contributed by atoms with Gasteiger partial charge in [-0.15, -0.1) is 0 Å². The van der Waals surface area contributed by atoms with Gasteiger partial charge in [-0.25, -0.2) is 0 Å². The number of aromatic nitrogens is 3. The second-order valence-electron chi connectivity index (χ2n) is 3.63. The summed E-state index contributed by atoms with van der Waals surface area (Å²) in [4.78, 5) is 11.5. The van der Waals surface area contributed by atoms with Gasteiger partial charge in [0.2, 0.25) is 17.2 Å². The SMILES string of the molecule is CCCCCCCNc1nc(N)nc(Cl)n1. The van der Waals surface area contributed by atoms with Crippen LogP contribution in [0.15, 0.2) is 0 Å². The van der Waals surface area contributed by atoms with Crippen LogP contribution in [-0.4, -0.2) is 21.5 Å². The number of nitrogen functional groups attached to an aromatic ring is 1. The van der Waals surface area contributed by atoms with Crippen molar-refractivity contribution < 1.29 is 0 Å². The van der Waals surface area contributed by atoms with Crippen LogP contribution in [0.1, 0.15) is 39.0 Å². The summed E-state index contributed by atoms with van der Waals surface area (Å²) in [5, 5.41) is 3.20. The van der Waals surface area contributed by atoms with Crippen molar-refractivity contribution in [2.24, 2.45) is 0 Å². The normalized spacial score (nSPS) is 10.4. The van der Waals surface area contributed by atoms with Crippen molar-refractivity contribution >= 4 is 23.5 Å². The summed E-state index contributed by atoms with van der Waals surface area (Å²) >= 11 is 5.65. The molecular formula is C10H18ClN5. The summed E-state index contributed by atoms with van der Waals surface area (Å²) in [7, 11) is 0. The lowest BCUT2D eigenvalue weighted by Crippen LogP contribution is -2.08. The van der Waals surface area contributed by atoms with E-state index in [9.17, 15) is 0 Å². The Morgan fingerprint density at radius 1 is 1.12 bits per heavy atom. The number of nitrogens with zero attached hydrogens (tertiary/aromatic N) is 3. The van der Waals surface area contributed by atoms with Crippen molar-refractivity contribution in [1.82, 2.24) is 15.0 Å². The number of hydrogen-bond acceptors (Lipinski definition) is 5. The monoisotopic (exact) mass is 243 g/mol. The maximum absolute atomic E-state index is 5.65. The smallest absolute Gasteiger partial charge is 0.228 e. The van der Waals surface area contributed by atoms with Gasteiger partial charge in [0.25, 0.3) is 0 Å². The van der Waals surface area contributed by atoms with E-state index in [0.29, 0.717) is 5.95 Å². The van der Waals surface area contributed by atoms with Crippen LogP contribution >= 0.6 is 11.6 Å². The Morgan fingerprint density at radius 2 is 1.88 bits per heavy atom. The van der Waals surface area contributed by atoms with Gasteiger partial charge < -0.3 is 11.1 Å². The Kier molecular flexibility index (Phi) is 5.85. The summed E-state index contributed by atoms with van der Waals surface area (Å²) in [6.45, 7) is 3.04. The lowest BCUT2D eigenvalue weighted by atomic mass is 10.1. The van der Waals surface area contributed by atoms with Gasteiger partial charge in [-0.05, 0) is 18.0 Å². The highest BCUT2D eigenvalue weighted by molar-refractivity contribution is 6.28. The zero-order chi connectivity index (χ0) is 11.8. The highest BCUT2D eigenvalue weighted by Crippen LogP contribution is 2.07. The summed E-state index contributed by atoms with van der Waals surface area (Å²) in [6, 6.07) is 0. The van der Waals surface area contributed by atoms with E-state index in [-0.39, 0.29) is 11.2 Å². The second-order valence-corrected chi connectivity index (χ2v) is 3.97. The molecule has 0 aromatic carbocycles. The van der Waals surface area contributed by atoms with Crippen LogP contribution in [0.2, 0.25) is 5.28 Å². The molecule has 1 aromatic heterocycles. The van der Waals surface area contributed by atoms with E-state index in [1.54, 1.807) is 0 Å². The summed E-state index contributed by atoms with van der Waals surface area (Å²) < 4.78 is 0. The second kappa shape index (κ2) is 7.22. The largest absolute Gasteiger partial charge is 0.368 e. The fraction of sp³-hybridized carbons (Fsp3) is 0.700. The standard InChI is InChI=1S/C10H18ClN5/c1-2-3-4-5-6-7-13-10-15-8(11)14-9(12)16-10/h2-7H2,1H3,(H3,12,13,14,15,16). The number of anilines is 2. The number of hydrogen-bond donors (Lipinski definition) is 2. The average Bonchev–Trinajstić information content (AvgIpc) is 2.22. The van der Waals surface area contributed by atoms with Crippen LogP contribution in [0.4, 0.5) is 11.9 Å². The molecule has 1 rings (SSSR count). The van der Waals surface area contributed by atoms with Gasteiger partial charge in [0.15, 0.2) is 0 Å². The highest BCUT2D eigenvalue weighted by Gasteiger charge is 2.00. The van der Waals surface area contributed by atoms with E-state index < -0.39 is 0 Å². The molecule has 0 amide bonds. The minimum Gasteiger partial charge on any atom is -0.368 e. The molecule has 6 heteroatoms. The predicted molar refractivity (Wildman–Crippen MR) is 66.5 cm³/mol. The molecule has 16 heavy (non-hydrogen) atoms. The molecule has 90 valence electrons. The van der Waals surface area contributed by atoms with Crippen molar-refractivity contribution in [1.29, 1.82) is 0 Å². The molecule has 1 heterocycles. The molecule has 0 aliphatic rings. The van der Waals surface area contributed by atoms with Gasteiger partial charge in [-0.2, -0.15) is 15.0 Å². The molecule has 0 atom stereocenters. The third kappa shape index (κ3) is 5.11. The van der Waals surface area contributed by atoms with E-state index in [4.69, 9.17) is 17.3 Å². The van der Waals surface area contributed by atoms with Crippen LogP contribution < -0.4 is 11.1 Å². The van der Waals surface area contributed by atoms with Gasteiger partial charge in [-0.1, -0.05) is 32.6 Å². The Hall–Kier alpha value is -1.10. The van der Waals surface area contributed by atoms with Crippen LogP contribution in [0, 0.1) is 0 Å². The van der Waals surface area contributed by atoms with E-state index in [1.807, 2.05) is 0 Å². The lowest BCUT2D eigenvalue weighted by molar-refractivity contribution is 0.644. The van der Waals surface area contributed by atoms with Gasteiger partial charge >= 0.3 is 0 Å². The number of halogens is 1. The summed E-state index contributed by atoms with van der Waals surface area (Å²) in [5.74, 6) is 0.599. The first-order chi connectivity index (χ1) is 7.72. The van der Waals surface area contributed by atoms with Gasteiger partial charge in [0.05, 0.1) is 0 Å². The van der Waals surface area contributed by atoms with Crippen molar-refractivity contribution in [3.8, 4) is 0 Å². The van der Waals surface area contributed by atoms with Crippen LogP contribution in [0.3, 0.4) is 0 Å². The molecule has 0 unspecified atom stereocenters. The van der Waals surface area contributed by atoms with Crippen molar-refractivity contribution in [2.45, 2.75) is 39.0 Å². The molecule has 0 fully saturated rings. The molecular weight excluding hydrogens is 226 g/mol. The third-order valence-corrected chi connectivity index (χ3v) is 2.36. The predicted octanol–water partition coefficient (Wildman–Crippen LogP) is 2.49. The Labute approximate surface area is 101 Å². The lowest BCUT2D eigenvalue weighted by Gasteiger charge is -2.04. The number of rotatable bonds is 7. The van der Waals surface area contributed by atoms with Gasteiger partial charge in [0.1, 0.15) is 0 Å². The Bertz CT molecular complexity index is 298. The molecule has 0 saturated carbocycles. The average molecular weight is 244 g/mol. The molecule has 0 saturated heterocycles. The molecule has 0 spiro atoms. The van der Waals surface area contributed by atoms with Crippen molar-refractivity contribution in [3.05, 3.63) is 5.28 Å². The first kappa shape index (κ1) is 13.0. The van der Waals surface area contributed by atoms with Crippen LogP contribution in [-0.2, 0) is 0 Å². The van der Waals surface area contributed by atoms with E-state index in [1.165, 1.54) is 25.7 Å². The first-order valence-electron chi connectivity index (χ1n) is 5.63. The van der Waals surface area contributed by atoms with Gasteiger partial charge in [-0.3, -0.25) is 0 Å². The minimum atomic E-state index is 0.126. The molecule has 0 aliphatic heterocycles. The number of unbranched alkanes of at least 4 members (excludes halogenated alkanes) is 4. The number of nitrogens with one attached hydrogen (secondary N) is 1. The first-order valence-corrected chi connectivity index (χ1v) is 6.01. The summed E-state index contributed by atoms with van der Waals surface area (Å²) in [5.41, 5.74) is 5.44. The molecule has 0 bridgehead atoms. The topological polar surface area (TPSA) is 76.7 Å². The summed E-state index contributed by atoms with van der Waals surface area (Å²) in [6.07, 6.45) is 6.15. The Morgan fingerprint density at radius 3 is 2.56 bits per heavy atom. The third-order valence-electron chi connectivity index (χ3n) is 2.19. The van der Waals surface area contributed by atoms with E-state index in [2.05, 4.69) is 27.2 Å². The Balaban J connectivity index is 2.21. The molecule has 0 radical (unpaired) electrons. The zero-order valence-corrected chi connectivity index (χ0v) is 10.3. The quantitative estimate of drug-likeness (QED) is 0.720. The minimum absolute atomic E-state index is 0.126. The number of nitrogens with two attached hydrogens (primary N) is 1. The van der Waals surface area contributed by atoms with E-state index in [0.717, 1.165) is 13.0 Å². The van der Waals surface area contributed by atoms with Gasteiger partial charge in [0, 0.05) is 6.54 Å². The maximum Gasteiger partial charge on any atom is 0.228 e. The zero-order valence-electron chi connectivity index (χ0n) is 9.54. The van der Waals surface area contributed by atoms with Crippen LogP contribution in [0.5, 0.6) is 0 Å². The molecule has 5 nitrogen and oxygen atoms in total. The maximum atomic E-state index is 5.65. The fourth-order valence-electron chi connectivity index (χ4n) is 1.37. The highest BCUT2D eigenvalue weighted by atomic mass is 35.5. The molecule has 3 N–H and O–H groups in total. The fourth-order valence-corrected chi connectivity index (χ4v) is 1.54. The van der Waals surface area contributed by atoms with E-state index >= 15 is 0 Å². The van der Waals surface area contributed by atoms with Crippen LogP contribution in [0.25, 0.3) is 0 Å². The van der Waals surface area contributed by atoms with Crippen molar-refractivity contribution in [3.63, 3.8) is 0 Å². The molecule has 0 aliphatic carbocycles. The van der Waals surface area contributed by atoms with Crippen molar-refractivity contribution in [2.75, 3.05) is 17.6 Å². The molecule has 1 aromatic rings.